The van der Waals surface area contributed by atoms with Crippen molar-refractivity contribution in [2.75, 3.05) is 0 Å². The van der Waals surface area contributed by atoms with E-state index in [1.165, 1.54) is 0 Å². The molecule has 0 amide bonds. The highest BCUT2D eigenvalue weighted by atomic mass is 19.1. The number of halogens is 1. The zero-order valence-electron chi connectivity index (χ0n) is 9.66. The Kier molecular flexibility index (Phi) is 4.05. The summed E-state index contributed by atoms with van der Waals surface area (Å²) >= 11 is 0. The van der Waals surface area contributed by atoms with Gasteiger partial charge in [0.25, 0.3) is 0 Å². The minimum absolute atomic E-state index is 0.133. The highest BCUT2D eigenvalue weighted by Crippen LogP contribution is 2.17. The van der Waals surface area contributed by atoms with Crippen molar-refractivity contribution in [1.82, 2.24) is 0 Å². The maximum absolute atomic E-state index is 13.4. The Morgan fingerprint density at radius 2 is 1.75 bits per heavy atom. The van der Waals surface area contributed by atoms with E-state index in [1.807, 2.05) is 24.3 Å². The summed E-state index contributed by atoms with van der Waals surface area (Å²) in [6.07, 6.45) is 1.04. The molecule has 0 heterocycles. The molecule has 0 atom stereocenters. The molecule has 0 bridgehead atoms. The van der Waals surface area contributed by atoms with Gasteiger partial charge in [-0.3, -0.25) is 4.79 Å². The van der Waals surface area contributed by atoms with Gasteiger partial charge >= 0.3 is 5.97 Å². The van der Waals surface area contributed by atoms with Gasteiger partial charge < -0.3 is 5.11 Å². The van der Waals surface area contributed by atoms with Crippen LogP contribution in [0, 0.1) is 0 Å². The Morgan fingerprint density at radius 1 is 1.25 bits per heavy atom. The van der Waals surface area contributed by atoms with Gasteiger partial charge in [-0.15, -0.1) is 0 Å². The van der Waals surface area contributed by atoms with E-state index in [2.05, 4.69) is 0 Å². The molecule has 0 unspecified atom stereocenters. The van der Waals surface area contributed by atoms with Gasteiger partial charge in [-0.05, 0) is 31.4 Å². The summed E-state index contributed by atoms with van der Waals surface area (Å²) in [5.41, 5.74) is 0.706. The minimum atomic E-state index is -1.21. The molecule has 0 saturated heterocycles. The second-order valence-corrected chi connectivity index (χ2v) is 4.61. The zero-order chi connectivity index (χ0) is 12.2. The minimum Gasteiger partial charge on any atom is -0.481 e. The molecule has 3 heteroatoms. The number of alkyl halides is 1. The first-order valence-electron chi connectivity index (χ1n) is 5.35. The molecule has 1 aromatic rings. The molecule has 0 saturated carbocycles. The summed E-state index contributed by atoms with van der Waals surface area (Å²) in [5.74, 6) is -0.797. The van der Waals surface area contributed by atoms with Gasteiger partial charge in [0.2, 0.25) is 0 Å². The van der Waals surface area contributed by atoms with E-state index in [9.17, 15) is 9.18 Å². The monoisotopic (exact) mass is 224 g/mol. The molecule has 0 aromatic heterocycles. The van der Waals surface area contributed by atoms with E-state index in [1.54, 1.807) is 13.8 Å². The lowest BCUT2D eigenvalue weighted by Crippen LogP contribution is -2.15. The molecule has 88 valence electrons. The highest BCUT2D eigenvalue weighted by Gasteiger charge is 2.15. The van der Waals surface area contributed by atoms with E-state index < -0.39 is 11.6 Å². The summed E-state index contributed by atoms with van der Waals surface area (Å²) in [6.45, 7) is 3.09. The summed E-state index contributed by atoms with van der Waals surface area (Å²) in [5, 5.41) is 8.53. The smallest absolute Gasteiger partial charge is 0.303 e. The van der Waals surface area contributed by atoms with Gasteiger partial charge in [0, 0.05) is 12.8 Å². The number of hydrogen-bond acceptors (Lipinski definition) is 1. The van der Waals surface area contributed by atoms with Crippen LogP contribution in [-0.4, -0.2) is 16.7 Å². The fourth-order valence-corrected chi connectivity index (χ4v) is 1.56. The molecule has 2 nitrogen and oxygen atoms in total. The van der Waals surface area contributed by atoms with E-state index in [0.717, 1.165) is 11.1 Å². The molecule has 0 aliphatic rings. The first-order chi connectivity index (χ1) is 7.37. The average molecular weight is 224 g/mol. The lowest BCUT2D eigenvalue weighted by atomic mass is 9.98. The standard InChI is InChI=1S/C13H17FO2/c1-13(2,14)9-11-5-3-10(4-6-11)7-8-12(15)16/h3-6H,7-9H2,1-2H3,(H,15,16). The Morgan fingerprint density at radius 3 is 2.19 bits per heavy atom. The third-order valence-corrected chi connectivity index (χ3v) is 2.28. The maximum atomic E-state index is 13.4. The largest absolute Gasteiger partial charge is 0.481 e. The van der Waals surface area contributed by atoms with Crippen molar-refractivity contribution in [3.8, 4) is 0 Å². The first-order valence-corrected chi connectivity index (χ1v) is 5.35. The van der Waals surface area contributed by atoms with Gasteiger partial charge in [0.05, 0.1) is 0 Å². The average Bonchev–Trinajstić information content (AvgIpc) is 2.14. The highest BCUT2D eigenvalue weighted by molar-refractivity contribution is 5.67. The summed E-state index contributed by atoms with van der Waals surface area (Å²) in [4.78, 5) is 10.4. The number of aliphatic carboxylic acids is 1. The number of carbonyl (C=O) groups is 1. The van der Waals surface area contributed by atoms with Crippen molar-refractivity contribution in [2.45, 2.75) is 38.8 Å². The molecule has 0 aliphatic carbocycles. The van der Waals surface area contributed by atoms with Crippen LogP contribution in [0.1, 0.15) is 31.4 Å². The summed E-state index contributed by atoms with van der Waals surface area (Å²) in [7, 11) is 0. The first kappa shape index (κ1) is 12.7. The summed E-state index contributed by atoms with van der Waals surface area (Å²) in [6, 6.07) is 7.45. The topological polar surface area (TPSA) is 37.3 Å². The van der Waals surface area contributed by atoms with Crippen molar-refractivity contribution < 1.29 is 14.3 Å². The van der Waals surface area contributed by atoms with Crippen molar-refractivity contribution >= 4 is 5.97 Å². The van der Waals surface area contributed by atoms with Crippen molar-refractivity contribution in [1.29, 1.82) is 0 Å². The van der Waals surface area contributed by atoms with E-state index in [0.29, 0.717) is 12.8 Å². The quantitative estimate of drug-likeness (QED) is 0.834. The second-order valence-electron chi connectivity index (χ2n) is 4.61. The Labute approximate surface area is 95.1 Å². The number of rotatable bonds is 5. The second kappa shape index (κ2) is 5.10. The molecule has 1 aromatic carbocycles. The molecular formula is C13H17FO2. The zero-order valence-corrected chi connectivity index (χ0v) is 9.66. The van der Waals surface area contributed by atoms with Crippen LogP contribution in [0.2, 0.25) is 0 Å². The molecule has 0 aliphatic heterocycles. The molecule has 16 heavy (non-hydrogen) atoms. The van der Waals surface area contributed by atoms with E-state index >= 15 is 0 Å². The van der Waals surface area contributed by atoms with E-state index in [4.69, 9.17) is 5.11 Å². The van der Waals surface area contributed by atoms with Crippen LogP contribution in [-0.2, 0) is 17.6 Å². The predicted molar refractivity (Wildman–Crippen MR) is 61.3 cm³/mol. The van der Waals surface area contributed by atoms with Crippen LogP contribution in [0.25, 0.3) is 0 Å². The van der Waals surface area contributed by atoms with Crippen molar-refractivity contribution in [3.05, 3.63) is 35.4 Å². The fourth-order valence-electron chi connectivity index (χ4n) is 1.56. The predicted octanol–water partition coefficient (Wildman–Crippen LogP) is 2.99. The third-order valence-electron chi connectivity index (χ3n) is 2.28. The van der Waals surface area contributed by atoms with Gasteiger partial charge in [0.1, 0.15) is 5.67 Å². The van der Waals surface area contributed by atoms with Crippen LogP contribution >= 0.6 is 0 Å². The maximum Gasteiger partial charge on any atom is 0.303 e. The van der Waals surface area contributed by atoms with Gasteiger partial charge in [-0.2, -0.15) is 0 Å². The number of benzene rings is 1. The molecule has 0 spiro atoms. The van der Waals surface area contributed by atoms with Crippen LogP contribution in [0.15, 0.2) is 24.3 Å². The molecule has 0 radical (unpaired) electrons. The van der Waals surface area contributed by atoms with Gasteiger partial charge in [0.15, 0.2) is 0 Å². The Hall–Kier alpha value is -1.38. The van der Waals surface area contributed by atoms with Gasteiger partial charge in [-0.1, -0.05) is 24.3 Å². The number of hydrogen-bond donors (Lipinski definition) is 1. The summed E-state index contributed by atoms with van der Waals surface area (Å²) < 4.78 is 13.4. The van der Waals surface area contributed by atoms with E-state index in [-0.39, 0.29) is 6.42 Å². The Bertz CT molecular complexity index is 349. The fraction of sp³-hybridized carbons (Fsp3) is 0.462. The SMILES string of the molecule is CC(C)(F)Cc1ccc(CCC(=O)O)cc1. The number of carboxylic acid groups (broad SMARTS) is 1. The van der Waals surface area contributed by atoms with Gasteiger partial charge in [-0.25, -0.2) is 4.39 Å². The Balaban J connectivity index is 2.57. The van der Waals surface area contributed by atoms with Crippen LogP contribution < -0.4 is 0 Å². The van der Waals surface area contributed by atoms with Crippen LogP contribution in [0.3, 0.4) is 0 Å². The van der Waals surface area contributed by atoms with Crippen LogP contribution in [0.5, 0.6) is 0 Å². The lowest BCUT2D eigenvalue weighted by molar-refractivity contribution is -0.136. The lowest BCUT2D eigenvalue weighted by Gasteiger charge is -2.13. The third kappa shape index (κ3) is 4.91. The number of aryl methyl sites for hydroxylation is 1. The van der Waals surface area contributed by atoms with Crippen molar-refractivity contribution in [3.63, 3.8) is 0 Å². The molecular weight excluding hydrogens is 207 g/mol. The normalized spacial score (nSPS) is 11.4. The number of carboxylic acids is 1. The molecule has 1 rings (SSSR count). The molecule has 0 fully saturated rings. The molecule has 1 N–H and O–H groups in total. The van der Waals surface area contributed by atoms with Crippen LogP contribution in [0.4, 0.5) is 4.39 Å². The van der Waals surface area contributed by atoms with Crippen molar-refractivity contribution in [2.24, 2.45) is 0 Å².